The third-order valence-corrected chi connectivity index (χ3v) is 3.82. The molecule has 0 saturated carbocycles. The summed E-state index contributed by atoms with van der Waals surface area (Å²) in [5, 5.41) is 1.68. The Morgan fingerprint density at radius 2 is 1.95 bits per heavy atom. The molecule has 2 aliphatic carbocycles. The molecule has 0 saturated heterocycles. The first kappa shape index (κ1) is 12.9. The van der Waals surface area contributed by atoms with Crippen molar-refractivity contribution in [1.82, 2.24) is 0 Å². The maximum Gasteiger partial charge on any atom is 0.344 e. The van der Waals surface area contributed by atoms with Crippen LogP contribution in [0.4, 0.5) is 0 Å². The van der Waals surface area contributed by atoms with Gasteiger partial charge in [0.15, 0.2) is 0 Å². The normalized spacial score (nSPS) is 11.6. The quantitative estimate of drug-likeness (QED) is 0.679. The van der Waals surface area contributed by atoms with E-state index in [1.54, 1.807) is 0 Å². The molecule has 1 aromatic heterocycles. The first-order chi connectivity index (χ1) is 9.60. The predicted octanol–water partition coefficient (Wildman–Crippen LogP) is 4.58. The van der Waals surface area contributed by atoms with Gasteiger partial charge in [-0.25, -0.2) is 4.79 Å². The molecule has 3 rings (SSSR count). The van der Waals surface area contributed by atoms with Crippen LogP contribution in [-0.2, 0) is 6.42 Å². The van der Waals surface area contributed by atoms with Crippen molar-refractivity contribution in [2.45, 2.75) is 33.1 Å². The zero-order chi connectivity index (χ0) is 14.3. The molecule has 0 aliphatic heterocycles. The second-order valence-electron chi connectivity index (χ2n) is 5.52. The summed E-state index contributed by atoms with van der Waals surface area (Å²) in [7, 11) is 0. The lowest BCUT2D eigenvalue weighted by molar-refractivity contribution is 0.473. The van der Waals surface area contributed by atoms with E-state index in [9.17, 15) is 4.79 Å². The summed E-state index contributed by atoms with van der Waals surface area (Å²) >= 11 is 0. The smallest absolute Gasteiger partial charge is 0.344 e. The van der Waals surface area contributed by atoms with E-state index in [0.29, 0.717) is 11.3 Å². The van der Waals surface area contributed by atoms with Gasteiger partial charge in [0.25, 0.3) is 0 Å². The molecule has 2 nitrogen and oxygen atoms in total. The highest BCUT2D eigenvalue weighted by atomic mass is 16.4. The fourth-order valence-corrected chi connectivity index (χ4v) is 2.64. The molecule has 0 fully saturated rings. The first-order valence-electron chi connectivity index (χ1n) is 7.09. The molecule has 0 atom stereocenters. The van der Waals surface area contributed by atoms with Gasteiger partial charge in [0.2, 0.25) is 0 Å². The van der Waals surface area contributed by atoms with Gasteiger partial charge in [-0.05, 0) is 40.1 Å². The highest BCUT2D eigenvalue weighted by Crippen LogP contribution is 2.33. The Labute approximate surface area is 118 Å². The molecular formula is C18H18O2. The molecule has 2 heteroatoms. The third-order valence-electron chi connectivity index (χ3n) is 3.82. The standard InChI is InChI=1S/C18H18O2/c1-4-15-9-14-8-13-7-5-6-12(11(2)3)10-16(13)17(14)18(19)20-15/h5-11H,4H2,1-3H3. The molecule has 0 bridgehead atoms. The second-order valence-corrected chi connectivity index (χ2v) is 5.52. The van der Waals surface area contributed by atoms with E-state index >= 15 is 0 Å². The van der Waals surface area contributed by atoms with Gasteiger partial charge in [0, 0.05) is 6.42 Å². The van der Waals surface area contributed by atoms with Crippen molar-refractivity contribution in [2.24, 2.45) is 0 Å². The van der Waals surface area contributed by atoms with Crippen LogP contribution in [0.5, 0.6) is 0 Å². The maximum absolute atomic E-state index is 12.3. The largest absolute Gasteiger partial charge is 0.427 e. The molecule has 0 amide bonds. The highest BCUT2D eigenvalue weighted by molar-refractivity contribution is 6.01. The molecule has 0 N–H and O–H groups in total. The topological polar surface area (TPSA) is 30.2 Å². The van der Waals surface area contributed by atoms with Crippen molar-refractivity contribution in [2.75, 3.05) is 0 Å². The lowest BCUT2D eigenvalue weighted by Gasteiger charge is -2.02. The number of hydrogen-bond donors (Lipinski definition) is 0. The number of hydrogen-bond acceptors (Lipinski definition) is 2. The fraction of sp³-hybridized carbons (Fsp3) is 0.278. The van der Waals surface area contributed by atoms with Gasteiger partial charge in [-0.3, -0.25) is 0 Å². The van der Waals surface area contributed by atoms with E-state index in [0.717, 1.165) is 28.7 Å². The first-order valence-corrected chi connectivity index (χ1v) is 7.09. The fourth-order valence-electron chi connectivity index (χ4n) is 2.64. The van der Waals surface area contributed by atoms with Crippen LogP contribution in [0.1, 0.15) is 38.0 Å². The Bertz CT molecular complexity index is 796. The summed E-state index contributed by atoms with van der Waals surface area (Å²) in [6.07, 6.45) is 0.734. The summed E-state index contributed by atoms with van der Waals surface area (Å²) in [5.74, 6) is 1.17. The van der Waals surface area contributed by atoms with Crippen molar-refractivity contribution in [3.05, 3.63) is 58.1 Å². The van der Waals surface area contributed by atoms with Crippen LogP contribution >= 0.6 is 0 Å². The molecule has 0 unspecified atom stereocenters. The zero-order valence-corrected chi connectivity index (χ0v) is 12.1. The van der Waals surface area contributed by atoms with E-state index < -0.39 is 0 Å². The van der Waals surface area contributed by atoms with E-state index in [1.807, 2.05) is 13.0 Å². The van der Waals surface area contributed by atoms with Crippen molar-refractivity contribution < 1.29 is 4.42 Å². The van der Waals surface area contributed by atoms with E-state index in [2.05, 4.69) is 44.2 Å². The Hall–Kier alpha value is -2.09. The molecule has 2 aliphatic rings. The minimum absolute atomic E-state index is 0.227. The van der Waals surface area contributed by atoms with Crippen LogP contribution < -0.4 is 5.63 Å². The van der Waals surface area contributed by atoms with Gasteiger partial charge in [-0.1, -0.05) is 45.0 Å². The molecule has 0 aromatic carbocycles. The minimum atomic E-state index is -0.227. The van der Waals surface area contributed by atoms with Gasteiger partial charge < -0.3 is 4.42 Å². The molecular weight excluding hydrogens is 248 g/mol. The number of fused-ring (bicyclic) bond motifs is 3. The van der Waals surface area contributed by atoms with Crippen LogP contribution in [0, 0.1) is 0 Å². The van der Waals surface area contributed by atoms with Gasteiger partial charge in [-0.2, -0.15) is 0 Å². The number of aryl methyl sites for hydroxylation is 1. The summed E-state index contributed by atoms with van der Waals surface area (Å²) < 4.78 is 5.38. The van der Waals surface area contributed by atoms with Crippen LogP contribution in [0.25, 0.3) is 21.9 Å². The Morgan fingerprint density at radius 3 is 2.65 bits per heavy atom. The van der Waals surface area contributed by atoms with Crippen LogP contribution in [0.3, 0.4) is 0 Å². The lowest BCUT2D eigenvalue weighted by atomic mass is 10.0. The van der Waals surface area contributed by atoms with Crippen molar-refractivity contribution >= 4 is 10.8 Å². The summed E-state index contributed by atoms with van der Waals surface area (Å²) in [6, 6.07) is 12.4. The molecule has 1 heterocycles. The van der Waals surface area contributed by atoms with E-state index in [4.69, 9.17) is 4.42 Å². The summed E-state index contributed by atoms with van der Waals surface area (Å²) in [4.78, 5) is 12.3. The monoisotopic (exact) mass is 266 g/mol. The Kier molecular flexibility index (Phi) is 3.09. The number of rotatable bonds is 2. The van der Waals surface area contributed by atoms with Crippen LogP contribution in [-0.4, -0.2) is 0 Å². The molecule has 0 spiro atoms. The van der Waals surface area contributed by atoms with E-state index in [1.165, 1.54) is 5.56 Å². The minimum Gasteiger partial charge on any atom is -0.427 e. The van der Waals surface area contributed by atoms with Crippen molar-refractivity contribution in [3.63, 3.8) is 0 Å². The Morgan fingerprint density at radius 1 is 1.15 bits per heavy atom. The van der Waals surface area contributed by atoms with Crippen molar-refractivity contribution in [3.8, 4) is 11.1 Å². The van der Waals surface area contributed by atoms with Crippen LogP contribution in [0.15, 0.2) is 45.6 Å². The average Bonchev–Trinajstić information content (AvgIpc) is 2.62. The third kappa shape index (κ3) is 2.01. The Balaban J connectivity index is 2.41. The second kappa shape index (κ2) is 4.78. The summed E-state index contributed by atoms with van der Waals surface area (Å²) in [5.41, 5.74) is 3.08. The summed E-state index contributed by atoms with van der Waals surface area (Å²) in [6.45, 7) is 6.30. The van der Waals surface area contributed by atoms with E-state index in [-0.39, 0.29) is 5.63 Å². The zero-order valence-electron chi connectivity index (χ0n) is 12.1. The van der Waals surface area contributed by atoms with Gasteiger partial charge in [-0.15, -0.1) is 0 Å². The molecule has 102 valence electrons. The molecule has 20 heavy (non-hydrogen) atoms. The average molecular weight is 266 g/mol. The maximum atomic E-state index is 12.3. The molecule has 0 radical (unpaired) electrons. The predicted molar refractivity (Wildman–Crippen MR) is 82.6 cm³/mol. The van der Waals surface area contributed by atoms with Crippen molar-refractivity contribution in [1.29, 1.82) is 0 Å². The highest BCUT2D eigenvalue weighted by Gasteiger charge is 2.15. The van der Waals surface area contributed by atoms with Gasteiger partial charge in [0.1, 0.15) is 5.76 Å². The van der Waals surface area contributed by atoms with Gasteiger partial charge >= 0.3 is 5.63 Å². The van der Waals surface area contributed by atoms with Crippen LogP contribution in [0.2, 0.25) is 0 Å². The molecule has 1 aromatic rings. The van der Waals surface area contributed by atoms with Gasteiger partial charge in [0.05, 0.1) is 5.39 Å². The lowest BCUT2D eigenvalue weighted by Crippen LogP contribution is -2.00. The SMILES string of the molecule is CCc1cc2cc3cccc(C(C)C)cc-3c2c(=O)o1.